The molecule has 8 heteroatoms. The van der Waals surface area contributed by atoms with Gasteiger partial charge in [-0.15, -0.1) is 0 Å². The normalized spacial score (nSPS) is 18.3. The average Bonchev–Trinajstić information content (AvgIpc) is 2.82. The number of rotatable bonds is 4. The third-order valence-electron chi connectivity index (χ3n) is 4.20. The largest absolute Gasteiger partial charge is 0.507 e. The average molecular weight is 366 g/mol. The van der Waals surface area contributed by atoms with Crippen LogP contribution in [0.1, 0.15) is 29.6 Å². The van der Waals surface area contributed by atoms with Crippen molar-refractivity contribution in [3.63, 3.8) is 0 Å². The molecule has 2 N–H and O–H groups in total. The van der Waals surface area contributed by atoms with Gasteiger partial charge in [0, 0.05) is 25.0 Å². The van der Waals surface area contributed by atoms with Crippen LogP contribution in [0.15, 0.2) is 30.9 Å². The highest BCUT2D eigenvalue weighted by molar-refractivity contribution is 7.91. The second-order valence-corrected chi connectivity index (χ2v) is 8.45. The van der Waals surface area contributed by atoms with E-state index in [-0.39, 0.29) is 17.9 Å². The molecule has 1 aromatic rings. The first kappa shape index (κ1) is 19.0. The van der Waals surface area contributed by atoms with Crippen LogP contribution in [0.4, 0.5) is 5.69 Å². The fourth-order valence-electron chi connectivity index (χ4n) is 2.79. The van der Waals surface area contributed by atoms with Crippen LogP contribution in [0, 0.1) is 0 Å². The summed E-state index contributed by atoms with van der Waals surface area (Å²) < 4.78 is 23.7. The Morgan fingerprint density at radius 2 is 2.08 bits per heavy atom. The van der Waals surface area contributed by atoms with Gasteiger partial charge in [0.05, 0.1) is 10.8 Å². The lowest BCUT2D eigenvalue weighted by molar-refractivity contribution is -0.111. The zero-order valence-electron chi connectivity index (χ0n) is 14.1. The summed E-state index contributed by atoms with van der Waals surface area (Å²) in [6.45, 7) is 3.88. The van der Waals surface area contributed by atoms with Crippen LogP contribution < -0.4 is 5.32 Å². The molecule has 1 aliphatic heterocycles. The van der Waals surface area contributed by atoms with Crippen molar-refractivity contribution >= 4 is 27.3 Å². The number of hydrogen-bond acceptors (Lipinski definition) is 5. The van der Waals surface area contributed by atoms with E-state index in [2.05, 4.69) is 11.9 Å². The topological polar surface area (TPSA) is 104 Å². The van der Waals surface area contributed by atoms with Crippen molar-refractivity contribution in [3.8, 4) is 5.75 Å². The van der Waals surface area contributed by atoms with E-state index in [0.717, 1.165) is 12.5 Å². The third kappa shape index (κ3) is 4.82. The van der Waals surface area contributed by atoms with Crippen molar-refractivity contribution < 1.29 is 23.1 Å². The molecule has 1 saturated heterocycles. The number of phenols is 1. The van der Waals surface area contributed by atoms with Gasteiger partial charge in [0.25, 0.3) is 5.91 Å². The molecular formula is C17H22N2O5S. The maximum absolute atomic E-state index is 12.8. The maximum Gasteiger partial charge on any atom is 0.257 e. The van der Waals surface area contributed by atoms with Gasteiger partial charge in [-0.05, 0) is 37.1 Å². The van der Waals surface area contributed by atoms with Crippen molar-refractivity contribution in [2.75, 3.05) is 24.7 Å². The summed E-state index contributed by atoms with van der Waals surface area (Å²) >= 11 is 0. The van der Waals surface area contributed by atoms with Crippen LogP contribution in [0.5, 0.6) is 5.75 Å². The second-order valence-electron chi connectivity index (χ2n) is 6.12. The van der Waals surface area contributed by atoms with E-state index in [4.69, 9.17) is 0 Å². The van der Waals surface area contributed by atoms with Crippen molar-refractivity contribution in [1.29, 1.82) is 0 Å². The Balaban J connectivity index is 2.27. The first-order valence-corrected chi connectivity index (χ1v) is 9.92. The highest BCUT2D eigenvalue weighted by Crippen LogP contribution is 2.25. The fourth-order valence-corrected chi connectivity index (χ4v) is 3.83. The van der Waals surface area contributed by atoms with Gasteiger partial charge in [-0.1, -0.05) is 13.0 Å². The lowest BCUT2D eigenvalue weighted by Gasteiger charge is -2.24. The van der Waals surface area contributed by atoms with E-state index in [1.165, 1.54) is 29.4 Å². The molecule has 1 unspecified atom stereocenters. The molecule has 1 heterocycles. The van der Waals surface area contributed by atoms with Gasteiger partial charge in [-0.3, -0.25) is 9.59 Å². The molecule has 136 valence electrons. The standard InChI is InChI=1S/C17H22N2O5S/c1-3-16(21)18-12-7-8-15(20)14(10-12)17(22)19-9-5-4-6-13(11-19)25(2,23)24/h3,7-8,10,13,20H,1,4-6,9,11H2,2H3,(H,18,21). The smallest absolute Gasteiger partial charge is 0.257 e. The highest BCUT2D eigenvalue weighted by atomic mass is 32.2. The van der Waals surface area contributed by atoms with Crippen LogP contribution in [-0.2, 0) is 14.6 Å². The number of nitrogens with zero attached hydrogens (tertiary/aromatic N) is 1. The number of likely N-dealkylation sites (tertiary alicyclic amines) is 1. The van der Waals surface area contributed by atoms with Gasteiger partial charge >= 0.3 is 0 Å². The van der Waals surface area contributed by atoms with Crippen LogP contribution in [0.25, 0.3) is 0 Å². The molecule has 0 spiro atoms. The summed E-state index contributed by atoms with van der Waals surface area (Å²) in [4.78, 5) is 25.6. The number of phenolic OH excluding ortho intramolecular Hbond substituents is 1. The molecule has 0 aliphatic carbocycles. The molecule has 0 saturated carbocycles. The van der Waals surface area contributed by atoms with Gasteiger partial charge in [0.2, 0.25) is 5.91 Å². The minimum atomic E-state index is -3.26. The Morgan fingerprint density at radius 3 is 2.72 bits per heavy atom. The quantitative estimate of drug-likeness (QED) is 0.622. The number of benzene rings is 1. The predicted molar refractivity (Wildman–Crippen MR) is 95.3 cm³/mol. The summed E-state index contributed by atoms with van der Waals surface area (Å²) in [6, 6.07) is 4.16. The van der Waals surface area contributed by atoms with Crippen molar-refractivity contribution in [3.05, 3.63) is 36.4 Å². The third-order valence-corrected chi connectivity index (χ3v) is 5.80. The molecule has 0 radical (unpaired) electrons. The summed E-state index contributed by atoms with van der Waals surface area (Å²) in [5.74, 6) is -1.11. The maximum atomic E-state index is 12.8. The zero-order valence-corrected chi connectivity index (χ0v) is 14.9. The molecule has 1 fully saturated rings. The first-order chi connectivity index (χ1) is 11.7. The Bertz CT molecular complexity index is 788. The lowest BCUT2D eigenvalue weighted by atomic mass is 10.1. The van der Waals surface area contributed by atoms with E-state index in [0.29, 0.717) is 25.1 Å². The van der Waals surface area contributed by atoms with Gasteiger partial charge in [-0.25, -0.2) is 8.42 Å². The highest BCUT2D eigenvalue weighted by Gasteiger charge is 2.29. The van der Waals surface area contributed by atoms with Crippen LogP contribution >= 0.6 is 0 Å². The number of anilines is 1. The predicted octanol–water partition coefficient (Wildman–Crippen LogP) is 1.56. The van der Waals surface area contributed by atoms with E-state index < -0.39 is 26.9 Å². The van der Waals surface area contributed by atoms with Gasteiger partial charge in [-0.2, -0.15) is 0 Å². The minimum absolute atomic E-state index is 0.0241. The second kappa shape index (κ2) is 7.69. The van der Waals surface area contributed by atoms with Crippen molar-refractivity contribution in [2.24, 2.45) is 0 Å². The van der Waals surface area contributed by atoms with Crippen molar-refractivity contribution in [2.45, 2.75) is 24.5 Å². The number of carbonyl (C=O) groups is 2. The molecule has 2 rings (SSSR count). The summed E-state index contributed by atoms with van der Waals surface area (Å²) in [5.41, 5.74) is 0.372. The Labute approximate surface area is 147 Å². The van der Waals surface area contributed by atoms with E-state index in [1.54, 1.807) is 0 Å². The fraction of sp³-hybridized carbons (Fsp3) is 0.412. The molecular weight excluding hydrogens is 344 g/mol. The molecule has 2 amide bonds. The summed E-state index contributed by atoms with van der Waals surface area (Å²) in [7, 11) is -3.26. The Morgan fingerprint density at radius 1 is 1.36 bits per heavy atom. The first-order valence-electron chi connectivity index (χ1n) is 7.97. The summed E-state index contributed by atoms with van der Waals surface area (Å²) in [5, 5.41) is 11.9. The molecule has 1 atom stereocenters. The minimum Gasteiger partial charge on any atom is -0.507 e. The molecule has 25 heavy (non-hydrogen) atoms. The summed E-state index contributed by atoms with van der Waals surface area (Å²) in [6.07, 6.45) is 4.22. The van der Waals surface area contributed by atoms with Crippen molar-refractivity contribution in [1.82, 2.24) is 4.90 Å². The van der Waals surface area contributed by atoms with Gasteiger partial charge in [0.1, 0.15) is 5.75 Å². The number of carbonyl (C=O) groups excluding carboxylic acids is 2. The number of hydrogen-bond donors (Lipinski definition) is 2. The van der Waals surface area contributed by atoms with Crippen LogP contribution in [-0.4, -0.2) is 54.8 Å². The molecule has 1 aliphatic rings. The number of amides is 2. The Kier molecular flexibility index (Phi) is 5.84. The zero-order chi connectivity index (χ0) is 18.6. The van der Waals surface area contributed by atoms with E-state index in [1.807, 2.05) is 0 Å². The van der Waals surface area contributed by atoms with E-state index in [9.17, 15) is 23.1 Å². The Hall–Kier alpha value is -2.35. The van der Waals surface area contributed by atoms with Crippen LogP contribution in [0.2, 0.25) is 0 Å². The van der Waals surface area contributed by atoms with Gasteiger partial charge in [0.15, 0.2) is 9.84 Å². The number of aromatic hydroxyl groups is 1. The molecule has 0 bridgehead atoms. The SMILES string of the molecule is C=CC(=O)Nc1ccc(O)c(C(=O)N2CCCCC(S(C)(=O)=O)C2)c1. The number of sulfone groups is 1. The van der Waals surface area contributed by atoms with Crippen LogP contribution in [0.3, 0.4) is 0 Å². The molecule has 0 aromatic heterocycles. The lowest BCUT2D eigenvalue weighted by Crippen LogP contribution is -2.39. The number of nitrogens with one attached hydrogen (secondary N) is 1. The van der Waals surface area contributed by atoms with E-state index >= 15 is 0 Å². The van der Waals surface area contributed by atoms with Gasteiger partial charge < -0.3 is 15.3 Å². The molecule has 7 nitrogen and oxygen atoms in total. The monoisotopic (exact) mass is 366 g/mol. The molecule has 1 aromatic carbocycles.